The molecule has 1 atom stereocenters. The molecule has 0 aliphatic heterocycles. The molecule has 3 rings (SSSR count). The number of nitrogens with one attached hydrogen (secondary N) is 1. The van der Waals surface area contributed by atoms with Crippen LogP contribution >= 0.6 is 11.8 Å². The zero-order valence-corrected chi connectivity index (χ0v) is 19.6. The van der Waals surface area contributed by atoms with Gasteiger partial charge in [-0.3, -0.25) is 4.79 Å². The fourth-order valence-electron chi connectivity index (χ4n) is 3.70. The van der Waals surface area contributed by atoms with Gasteiger partial charge in [-0.1, -0.05) is 54.6 Å². The van der Waals surface area contributed by atoms with Crippen molar-refractivity contribution >= 4 is 23.6 Å². The first-order valence-electron chi connectivity index (χ1n) is 10.4. The largest absolute Gasteiger partial charge is 0.497 e. The fourth-order valence-corrected chi connectivity index (χ4v) is 5.25. The van der Waals surface area contributed by atoms with Gasteiger partial charge in [0.15, 0.2) is 0 Å². The smallest absolute Gasteiger partial charge is 0.327 e. The second-order valence-corrected chi connectivity index (χ2v) is 8.64. The first-order valence-corrected chi connectivity index (χ1v) is 11.4. The highest BCUT2D eigenvalue weighted by Gasteiger charge is 2.38. The quantitative estimate of drug-likeness (QED) is 0.434. The van der Waals surface area contributed by atoms with Crippen LogP contribution in [-0.4, -0.2) is 43.0 Å². The average molecular weight is 466 g/mol. The molecular weight excluding hydrogens is 438 g/mol. The molecule has 0 fully saturated rings. The van der Waals surface area contributed by atoms with Crippen molar-refractivity contribution in [3.8, 4) is 11.5 Å². The van der Waals surface area contributed by atoms with Crippen molar-refractivity contribution < 1.29 is 24.2 Å². The predicted octanol–water partition coefficient (Wildman–Crippen LogP) is 4.32. The Morgan fingerprint density at radius 1 is 0.848 bits per heavy atom. The van der Waals surface area contributed by atoms with Gasteiger partial charge in [0.25, 0.3) is 0 Å². The van der Waals surface area contributed by atoms with E-state index in [4.69, 9.17) is 9.47 Å². The number of carboxylic acids is 1. The molecule has 0 bridgehead atoms. The second kappa shape index (κ2) is 10.9. The van der Waals surface area contributed by atoms with Crippen LogP contribution in [0.15, 0.2) is 78.9 Å². The topological polar surface area (TPSA) is 84.9 Å². The van der Waals surface area contributed by atoms with E-state index in [1.807, 2.05) is 78.9 Å². The van der Waals surface area contributed by atoms with E-state index < -0.39 is 16.8 Å². The molecule has 0 saturated carbocycles. The van der Waals surface area contributed by atoms with Crippen LogP contribution in [0.2, 0.25) is 0 Å². The van der Waals surface area contributed by atoms with Crippen molar-refractivity contribution in [3.05, 3.63) is 95.6 Å². The minimum atomic E-state index is -1.08. The van der Waals surface area contributed by atoms with Crippen molar-refractivity contribution in [3.63, 3.8) is 0 Å². The molecule has 33 heavy (non-hydrogen) atoms. The molecule has 0 aliphatic rings. The van der Waals surface area contributed by atoms with Crippen molar-refractivity contribution in [2.75, 3.05) is 20.0 Å². The van der Waals surface area contributed by atoms with Crippen molar-refractivity contribution in [2.24, 2.45) is 0 Å². The normalized spacial score (nSPS) is 12.0. The minimum Gasteiger partial charge on any atom is -0.497 e. The Bertz CT molecular complexity index is 1020. The van der Waals surface area contributed by atoms with E-state index in [1.165, 1.54) is 18.7 Å². The lowest BCUT2D eigenvalue weighted by molar-refractivity contribution is -0.140. The van der Waals surface area contributed by atoms with E-state index in [1.54, 1.807) is 14.2 Å². The maximum Gasteiger partial charge on any atom is 0.327 e. The number of hydrogen-bond donors (Lipinski definition) is 2. The summed E-state index contributed by atoms with van der Waals surface area (Å²) in [5.41, 5.74) is 2.89. The number of thioether (sulfide) groups is 1. The highest BCUT2D eigenvalue weighted by Crippen LogP contribution is 2.49. The molecule has 3 aromatic rings. The molecule has 0 aromatic heterocycles. The third kappa shape index (κ3) is 5.49. The van der Waals surface area contributed by atoms with Crippen molar-refractivity contribution in [1.82, 2.24) is 5.32 Å². The van der Waals surface area contributed by atoms with Crippen LogP contribution in [0.25, 0.3) is 0 Å². The van der Waals surface area contributed by atoms with Crippen LogP contribution in [0.1, 0.15) is 23.6 Å². The number of amides is 1. The van der Waals surface area contributed by atoms with Crippen LogP contribution in [-0.2, 0) is 14.3 Å². The SMILES string of the molecule is COc1ccc(C(SC[C@H](NC(C)=O)C(=O)O)(c2ccccc2)c2ccc(OC)cc2)cc1. The maximum atomic E-state index is 11.9. The molecule has 0 heterocycles. The number of hydrogen-bond acceptors (Lipinski definition) is 5. The van der Waals surface area contributed by atoms with Gasteiger partial charge in [0.1, 0.15) is 17.5 Å². The van der Waals surface area contributed by atoms with Gasteiger partial charge < -0.3 is 19.9 Å². The lowest BCUT2D eigenvalue weighted by atomic mass is 9.84. The van der Waals surface area contributed by atoms with Crippen molar-refractivity contribution in [2.45, 2.75) is 17.7 Å². The van der Waals surface area contributed by atoms with Gasteiger partial charge in [-0.25, -0.2) is 4.79 Å². The number of ether oxygens (including phenoxy) is 2. The van der Waals surface area contributed by atoms with Gasteiger partial charge in [-0.2, -0.15) is 0 Å². The number of rotatable bonds is 10. The number of carbonyl (C=O) groups excluding carboxylic acids is 1. The van der Waals surface area contributed by atoms with Crippen LogP contribution in [0, 0.1) is 0 Å². The first-order chi connectivity index (χ1) is 15.9. The summed E-state index contributed by atoms with van der Waals surface area (Å²) in [6.07, 6.45) is 0. The first kappa shape index (κ1) is 24.2. The Kier molecular flexibility index (Phi) is 8.01. The molecule has 0 radical (unpaired) electrons. The average Bonchev–Trinajstić information content (AvgIpc) is 2.84. The lowest BCUT2D eigenvalue weighted by Crippen LogP contribution is -2.42. The summed E-state index contributed by atoms with van der Waals surface area (Å²) in [6, 6.07) is 24.4. The maximum absolute atomic E-state index is 11.9. The summed E-state index contributed by atoms with van der Waals surface area (Å²) in [5.74, 6) is 0.137. The summed E-state index contributed by atoms with van der Waals surface area (Å²) in [7, 11) is 3.23. The van der Waals surface area contributed by atoms with Gasteiger partial charge in [0.2, 0.25) is 5.91 Å². The van der Waals surface area contributed by atoms with E-state index in [-0.39, 0.29) is 11.7 Å². The van der Waals surface area contributed by atoms with E-state index >= 15 is 0 Å². The number of carboxylic acid groups (broad SMARTS) is 1. The van der Waals surface area contributed by atoms with Gasteiger partial charge in [-0.05, 0) is 41.0 Å². The van der Waals surface area contributed by atoms with Gasteiger partial charge in [0.05, 0.1) is 19.0 Å². The third-order valence-electron chi connectivity index (χ3n) is 5.32. The lowest BCUT2D eigenvalue weighted by Gasteiger charge is -2.36. The molecule has 0 aliphatic carbocycles. The monoisotopic (exact) mass is 465 g/mol. The zero-order chi connectivity index (χ0) is 23.8. The molecule has 0 spiro atoms. The van der Waals surface area contributed by atoms with E-state index in [0.717, 1.165) is 28.2 Å². The van der Waals surface area contributed by atoms with E-state index in [0.29, 0.717) is 0 Å². The van der Waals surface area contributed by atoms with E-state index in [9.17, 15) is 14.7 Å². The molecule has 0 unspecified atom stereocenters. The minimum absolute atomic E-state index is 0.155. The summed E-state index contributed by atoms with van der Waals surface area (Å²) in [5, 5.41) is 12.2. The summed E-state index contributed by atoms with van der Waals surface area (Å²) >= 11 is 1.46. The molecule has 7 heteroatoms. The standard InChI is InChI=1S/C26H27NO5S/c1-18(28)27-24(25(29)30)17-33-26(19-7-5-4-6-8-19,20-9-13-22(31-2)14-10-20)21-11-15-23(32-3)16-12-21/h4-16,24H,17H2,1-3H3,(H,27,28)(H,29,30)/t24-/m0/s1. The molecule has 172 valence electrons. The molecular formula is C26H27NO5S. The summed E-state index contributed by atoms with van der Waals surface area (Å²) in [6.45, 7) is 1.32. The summed E-state index contributed by atoms with van der Waals surface area (Å²) < 4.78 is 9.95. The second-order valence-electron chi connectivity index (χ2n) is 7.41. The highest BCUT2D eigenvalue weighted by atomic mass is 32.2. The third-order valence-corrected chi connectivity index (χ3v) is 6.96. The Balaban J connectivity index is 2.19. The zero-order valence-electron chi connectivity index (χ0n) is 18.8. The fraction of sp³-hybridized carbons (Fsp3) is 0.231. The van der Waals surface area contributed by atoms with Crippen LogP contribution in [0.3, 0.4) is 0 Å². The summed E-state index contributed by atoms with van der Waals surface area (Å²) in [4.78, 5) is 23.5. The Labute approximate surface area is 197 Å². The highest BCUT2D eigenvalue weighted by molar-refractivity contribution is 8.00. The molecule has 6 nitrogen and oxygen atoms in total. The number of carbonyl (C=O) groups is 2. The molecule has 0 saturated heterocycles. The number of aliphatic carboxylic acids is 1. The Morgan fingerprint density at radius 2 is 1.30 bits per heavy atom. The van der Waals surface area contributed by atoms with Crippen molar-refractivity contribution in [1.29, 1.82) is 0 Å². The van der Waals surface area contributed by atoms with Gasteiger partial charge >= 0.3 is 5.97 Å². The van der Waals surface area contributed by atoms with Crippen LogP contribution < -0.4 is 14.8 Å². The number of benzene rings is 3. The molecule has 3 aromatic carbocycles. The molecule has 2 N–H and O–H groups in total. The van der Waals surface area contributed by atoms with Crippen LogP contribution in [0.4, 0.5) is 0 Å². The Hall–Kier alpha value is -3.45. The van der Waals surface area contributed by atoms with Crippen LogP contribution in [0.5, 0.6) is 11.5 Å². The predicted molar refractivity (Wildman–Crippen MR) is 130 cm³/mol. The number of methoxy groups -OCH3 is 2. The molecule has 1 amide bonds. The Morgan fingerprint density at radius 3 is 1.70 bits per heavy atom. The van der Waals surface area contributed by atoms with Gasteiger partial charge in [0, 0.05) is 12.7 Å². The van der Waals surface area contributed by atoms with E-state index in [2.05, 4.69) is 5.32 Å². The van der Waals surface area contributed by atoms with Gasteiger partial charge in [-0.15, -0.1) is 11.8 Å².